The first-order chi connectivity index (χ1) is 9.78. The molecule has 2 N–H and O–H groups in total. The molecular weight excluding hydrogens is 292 g/mol. The van der Waals surface area contributed by atoms with Crippen molar-refractivity contribution in [3.8, 4) is 0 Å². The monoisotopic (exact) mass is 312 g/mol. The van der Waals surface area contributed by atoms with Gasteiger partial charge < -0.3 is 10.5 Å². The second kappa shape index (κ2) is 5.65. The van der Waals surface area contributed by atoms with Crippen LogP contribution in [0.3, 0.4) is 0 Å². The topological polar surface area (TPSA) is 89.7 Å². The van der Waals surface area contributed by atoms with Gasteiger partial charge in [-0.1, -0.05) is 6.07 Å². The smallest absolute Gasteiger partial charge is 0.310 e. The Kier molecular flexibility index (Phi) is 4.25. The Morgan fingerprint density at radius 1 is 1.38 bits per heavy atom. The third-order valence-corrected chi connectivity index (χ3v) is 6.06. The standard InChI is InChI=1S/C14H20N2O4S/c1-9-4-5-12(15)13(10(9)2)21(18,19)16-7-6-11(8-16)14(17)20-3/h4-5,11H,6-8,15H2,1-3H3. The number of benzene rings is 1. The highest BCUT2D eigenvalue weighted by atomic mass is 32.2. The summed E-state index contributed by atoms with van der Waals surface area (Å²) in [4.78, 5) is 11.7. The molecule has 0 amide bonds. The number of aryl methyl sites for hydroxylation is 1. The van der Waals surface area contributed by atoms with Crippen LogP contribution in [0.15, 0.2) is 17.0 Å². The van der Waals surface area contributed by atoms with Gasteiger partial charge in [0.15, 0.2) is 0 Å². The van der Waals surface area contributed by atoms with Crippen LogP contribution in [0, 0.1) is 19.8 Å². The second-order valence-corrected chi connectivity index (χ2v) is 7.17. The molecule has 0 spiro atoms. The fourth-order valence-electron chi connectivity index (χ4n) is 2.59. The van der Waals surface area contributed by atoms with Crippen molar-refractivity contribution in [3.05, 3.63) is 23.3 Å². The van der Waals surface area contributed by atoms with E-state index in [1.54, 1.807) is 19.1 Å². The molecule has 0 saturated carbocycles. The van der Waals surface area contributed by atoms with Crippen molar-refractivity contribution in [1.82, 2.24) is 4.31 Å². The lowest BCUT2D eigenvalue weighted by Gasteiger charge is -2.20. The van der Waals surface area contributed by atoms with Crippen LogP contribution in [0.25, 0.3) is 0 Å². The zero-order valence-corrected chi connectivity index (χ0v) is 13.2. The highest BCUT2D eigenvalue weighted by molar-refractivity contribution is 7.89. The van der Waals surface area contributed by atoms with Crippen molar-refractivity contribution in [2.75, 3.05) is 25.9 Å². The Labute approximate surface area is 124 Å². The molecule has 1 aromatic rings. The minimum atomic E-state index is -3.70. The van der Waals surface area contributed by atoms with Crippen LogP contribution in [0.1, 0.15) is 17.5 Å². The number of anilines is 1. The number of hydrogen-bond acceptors (Lipinski definition) is 5. The number of esters is 1. The summed E-state index contributed by atoms with van der Waals surface area (Å²) in [6, 6.07) is 3.40. The van der Waals surface area contributed by atoms with Crippen molar-refractivity contribution >= 4 is 21.7 Å². The van der Waals surface area contributed by atoms with Gasteiger partial charge in [-0.05, 0) is 37.5 Å². The summed E-state index contributed by atoms with van der Waals surface area (Å²) in [6.45, 7) is 4.03. The zero-order valence-electron chi connectivity index (χ0n) is 12.4. The van der Waals surface area contributed by atoms with Gasteiger partial charge in [0.2, 0.25) is 10.0 Å². The highest BCUT2D eigenvalue weighted by Gasteiger charge is 2.37. The van der Waals surface area contributed by atoms with Gasteiger partial charge in [0.1, 0.15) is 4.90 Å². The van der Waals surface area contributed by atoms with Crippen LogP contribution in [-0.4, -0.2) is 38.9 Å². The third-order valence-electron chi connectivity index (χ3n) is 3.99. The van der Waals surface area contributed by atoms with Gasteiger partial charge in [0.25, 0.3) is 0 Å². The van der Waals surface area contributed by atoms with Gasteiger partial charge in [-0.3, -0.25) is 4.79 Å². The maximum atomic E-state index is 12.8. The van der Waals surface area contributed by atoms with Crippen molar-refractivity contribution in [2.24, 2.45) is 5.92 Å². The van der Waals surface area contributed by atoms with E-state index >= 15 is 0 Å². The number of nitrogens with zero attached hydrogens (tertiary/aromatic N) is 1. The first-order valence-corrected chi connectivity index (χ1v) is 8.16. The predicted molar refractivity (Wildman–Crippen MR) is 79.2 cm³/mol. The van der Waals surface area contributed by atoms with Gasteiger partial charge in [0, 0.05) is 13.1 Å². The lowest BCUT2D eigenvalue weighted by atomic mass is 10.1. The fraction of sp³-hybridized carbons (Fsp3) is 0.500. The molecule has 1 heterocycles. The van der Waals surface area contributed by atoms with Crippen LogP contribution in [0.5, 0.6) is 0 Å². The van der Waals surface area contributed by atoms with Gasteiger partial charge in [-0.15, -0.1) is 0 Å². The molecule has 0 bridgehead atoms. The molecule has 0 aromatic heterocycles. The largest absolute Gasteiger partial charge is 0.469 e. The van der Waals surface area contributed by atoms with Crippen LogP contribution >= 0.6 is 0 Å². The number of nitrogen functional groups attached to an aromatic ring is 1. The summed E-state index contributed by atoms with van der Waals surface area (Å²) in [5.74, 6) is -0.780. The van der Waals surface area contributed by atoms with Crippen LogP contribution < -0.4 is 5.73 Å². The number of methoxy groups -OCH3 is 1. The molecule has 1 aromatic carbocycles. The Hall–Kier alpha value is -1.60. The molecule has 2 rings (SSSR count). The molecule has 1 fully saturated rings. The molecule has 116 valence electrons. The van der Waals surface area contributed by atoms with E-state index in [1.807, 2.05) is 6.92 Å². The number of ether oxygens (including phenoxy) is 1. The molecule has 1 atom stereocenters. The maximum Gasteiger partial charge on any atom is 0.310 e. The van der Waals surface area contributed by atoms with Gasteiger partial charge in [0.05, 0.1) is 18.7 Å². The number of hydrogen-bond donors (Lipinski definition) is 1. The van der Waals surface area contributed by atoms with Gasteiger partial charge in [-0.2, -0.15) is 4.31 Å². The second-order valence-electron chi connectivity index (χ2n) is 5.30. The average molecular weight is 312 g/mol. The van der Waals surface area contributed by atoms with Crippen LogP contribution in [0.2, 0.25) is 0 Å². The molecule has 0 radical (unpaired) electrons. The summed E-state index contributed by atoms with van der Waals surface area (Å²) in [6.07, 6.45) is 0.469. The van der Waals surface area contributed by atoms with E-state index in [2.05, 4.69) is 4.74 Å². The summed E-state index contributed by atoms with van der Waals surface area (Å²) in [7, 11) is -2.39. The molecule has 6 nitrogen and oxygen atoms in total. The first kappa shape index (κ1) is 15.8. The lowest BCUT2D eigenvalue weighted by Crippen LogP contribution is -2.31. The van der Waals surface area contributed by atoms with Crippen LogP contribution in [0.4, 0.5) is 5.69 Å². The number of nitrogens with two attached hydrogens (primary N) is 1. The number of rotatable bonds is 3. The molecule has 7 heteroatoms. The highest BCUT2D eigenvalue weighted by Crippen LogP contribution is 2.31. The Bertz CT molecular complexity index is 670. The van der Waals surface area contributed by atoms with E-state index in [1.165, 1.54) is 11.4 Å². The molecule has 1 aliphatic rings. The molecule has 1 unspecified atom stereocenters. The lowest BCUT2D eigenvalue weighted by molar-refractivity contribution is -0.144. The first-order valence-electron chi connectivity index (χ1n) is 6.72. The number of carbonyl (C=O) groups is 1. The molecular formula is C14H20N2O4S. The summed E-state index contributed by atoms with van der Waals surface area (Å²) in [5, 5.41) is 0. The van der Waals surface area contributed by atoms with E-state index in [0.717, 1.165) is 5.56 Å². The van der Waals surface area contributed by atoms with E-state index in [-0.39, 0.29) is 23.1 Å². The van der Waals surface area contributed by atoms with Crippen molar-refractivity contribution < 1.29 is 17.9 Å². The van der Waals surface area contributed by atoms with E-state index in [0.29, 0.717) is 18.5 Å². The predicted octanol–water partition coefficient (Wildman–Crippen LogP) is 1.07. The normalized spacial score (nSPS) is 19.7. The summed E-state index contributed by atoms with van der Waals surface area (Å²) in [5.41, 5.74) is 7.62. The Balaban J connectivity index is 2.37. The van der Waals surface area contributed by atoms with Gasteiger partial charge in [-0.25, -0.2) is 8.42 Å². The minimum absolute atomic E-state index is 0.141. The zero-order chi connectivity index (χ0) is 15.8. The Morgan fingerprint density at radius 2 is 2.05 bits per heavy atom. The van der Waals surface area contributed by atoms with E-state index < -0.39 is 15.9 Å². The average Bonchev–Trinajstić information content (AvgIpc) is 2.93. The minimum Gasteiger partial charge on any atom is -0.469 e. The van der Waals surface area contributed by atoms with Crippen molar-refractivity contribution in [3.63, 3.8) is 0 Å². The molecule has 21 heavy (non-hydrogen) atoms. The van der Waals surface area contributed by atoms with Crippen molar-refractivity contribution in [1.29, 1.82) is 0 Å². The van der Waals surface area contributed by atoms with Crippen molar-refractivity contribution in [2.45, 2.75) is 25.2 Å². The summed E-state index contributed by atoms with van der Waals surface area (Å²) < 4.78 is 31.6. The quantitative estimate of drug-likeness (QED) is 0.666. The SMILES string of the molecule is COC(=O)C1CCN(S(=O)(=O)c2c(N)ccc(C)c2C)C1. The number of carbonyl (C=O) groups excluding carboxylic acids is 1. The van der Waals surface area contributed by atoms with E-state index in [4.69, 9.17) is 5.73 Å². The van der Waals surface area contributed by atoms with Crippen LogP contribution in [-0.2, 0) is 19.6 Å². The maximum absolute atomic E-state index is 12.8. The molecule has 1 saturated heterocycles. The molecule has 0 aliphatic carbocycles. The summed E-state index contributed by atoms with van der Waals surface area (Å²) >= 11 is 0. The van der Waals surface area contributed by atoms with Gasteiger partial charge >= 0.3 is 5.97 Å². The Morgan fingerprint density at radius 3 is 2.67 bits per heavy atom. The molecule has 1 aliphatic heterocycles. The van der Waals surface area contributed by atoms with E-state index in [9.17, 15) is 13.2 Å². The number of sulfonamides is 1. The third kappa shape index (κ3) is 2.75. The fourth-order valence-corrected chi connectivity index (χ4v) is 4.48.